The first-order chi connectivity index (χ1) is 22.4. The lowest BCUT2D eigenvalue weighted by molar-refractivity contribution is -0.137. The molecule has 3 atom stereocenters. The number of carbonyl (C=O) groups is 3. The predicted molar refractivity (Wildman–Crippen MR) is 177 cm³/mol. The van der Waals surface area contributed by atoms with Crippen LogP contribution in [0.25, 0.3) is 10.8 Å². The smallest absolute Gasteiger partial charge is 0.325 e. The average molecular weight is 715 g/mol. The summed E-state index contributed by atoms with van der Waals surface area (Å²) >= 11 is 14.7. The maximum Gasteiger partial charge on any atom is 0.416 e. The Morgan fingerprint density at radius 3 is 2.38 bits per heavy atom. The van der Waals surface area contributed by atoms with Crippen LogP contribution in [0.1, 0.15) is 21.9 Å². The normalized spacial score (nSPS) is 19.2. The first-order valence-electron chi connectivity index (χ1n) is 14.1. The van der Waals surface area contributed by atoms with Crippen LogP contribution in [0.5, 0.6) is 0 Å². The van der Waals surface area contributed by atoms with Crippen molar-refractivity contribution in [1.29, 1.82) is 0 Å². The fraction of sp³-hybridized carbons (Fsp3) is 0.152. The maximum atomic E-state index is 14.1. The summed E-state index contributed by atoms with van der Waals surface area (Å²) < 4.78 is 41.9. The topological polar surface area (TPSA) is 88.5 Å². The number of rotatable bonds is 5. The second kappa shape index (κ2) is 11.9. The number of imide groups is 1. The molecule has 0 radical (unpaired) electrons. The van der Waals surface area contributed by atoms with Gasteiger partial charge in [0.15, 0.2) is 0 Å². The average Bonchev–Trinajstić information content (AvgIpc) is 3.48. The molecule has 1 fully saturated rings. The molecule has 2 aliphatic heterocycles. The largest absolute Gasteiger partial charge is 0.416 e. The molecule has 0 unspecified atom stereocenters. The van der Waals surface area contributed by atoms with E-state index in [1.165, 1.54) is 10.6 Å². The highest BCUT2D eigenvalue weighted by Gasteiger charge is 2.57. The van der Waals surface area contributed by atoms with Gasteiger partial charge in [0.25, 0.3) is 0 Å². The maximum absolute atomic E-state index is 14.1. The van der Waals surface area contributed by atoms with E-state index >= 15 is 0 Å². The van der Waals surface area contributed by atoms with E-state index in [1.54, 1.807) is 30.3 Å². The van der Waals surface area contributed by atoms with Crippen molar-refractivity contribution < 1.29 is 27.6 Å². The van der Waals surface area contributed by atoms with Gasteiger partial charge in [-0.1, -0.05) is 94.8 Å². The number of hydrogen-bond acceptors (Lipinski definition) is 6. The zero-order valence-electron chi connectivity index (χ0n) is 23.8. The molecule has 4 aromatic carbocycles. The first kappa shape index (κ1) is 31.5. The number of benzene rings is 4. The lowest BCUT2D eigenvalue weighted by Gasteiger charge is -2.31. The van der Waals surface area contributed by atoms with Gasteiger partial charge < -0.3 is 5.32 Å². The molecule has 14 heteroatoms. The number of aromatic nitrogens is 1. The summed E-state index contributed by atoms with van der Waals surface area (Å²) in [5, 5.41) is 4.15. The van der Waals surface area contributed by atoms with Gasteiger partial charge in [0.1, 0.15) is 11.8 Å². The SMILES string of the molecule is O=C(Cn1c2c(sc1=O)[C@@H](c1cccc(Cl)c1Cl)[C@@H]1C(=O)N(c3cccc(C(F)(F)F)c3)C(=O)[C@@H]1S2)Nc1ccc2ccccc2c1. The number of amides is 3. The second-order valence-corrected chi connectivity index (χ2v) is 13.9. The number of halogens is 5. The molecule has 1 N–H and O–H groups in total. The van der Waals surface area contributed by atoms with Crippen molar-refractivity contribution in [3.63, 3.8) is 0 Å². The highest BCUT2D eigenvalue weighted by atomic mass is 35.5. The van der Waals surface area contributed by atoms with E-state index < -0.39 is 58.0 Å². The molecule has 1 saturated heterocycles. The summed E-state index contributed by atoms with van der Waals surface area (Å²) in [7, 11) is 0. The van der Waals surface area contributed by atoms with E-state index in [-0.39, 0.29) is 15.7 Å². The van der Waals surface area contributed by atoms with Crippen molar-refractivity contribution in [2.45, 2.75) is 28.9 Å². The van der Waals surface area contributed by atoms with Gasteiger partial charge in [0.05, 0.1) is 32.2 Å². The van der Waals surface area contributed by atoms with Crippen molar-refractivity contribution in [2.24, 2.45) is 5.92 Å². The Labute approximate surface area is 282 Å². The molecule has 47 heavy (non-hydrogen) atoms. The van der Waals surface area contributed by atoms with E-state index in [0.29, 0.717) is 21.2 Å². The third-order valence-electron chi connectivity index (χ3n) is 8.13. The third kappa shape index (κ3) is 5.52. The van der Waals surface area contributed by atoms with Gasteiger partial charge in [0.2, 0.25) is 17.7 Å². The first-order valence-corrected chi connectivity index (χ1v) is 16.6. The number of carbonyl (C=O) groups excluding carboxylic acids is 3. The lowest BCUT2D eigenvalue weighted by Crippen LogP contribution is -2.33. The van der Waals surface area contributed by atoms with Crippen LogP contribution in [-0.4, -0.2) is 27.5 Å². The van der Waals surface area contributed by atoms with Crippen LogP contribution in [0, 0.1) is 5.92 Å². The van der Waals surface area contributed by atoms with Crippen molar-refractivity contribution in [1.82, 2.24) is 4.57 Å². The molecular formula is C33H20Cl2F3N3O4S2. The van der Waals surface area contributed by atoms with Gasteiger partial charge in [-0.2, -0.15) is 13.2 Å². The molecule has 0 spiro atoms. The molecule has 238 valence electrons. The van der Waals surface area contributed by atoms with Crippen LogP contribution in [0.15, 0.2) is 94.7 Å². The highest BCUT2D eigenvalue weighted by molar-refractivity contribution is 8.00. The summed E-state index contributed by atoms with van der Waals surface area (Å²) in [6.07, 6.45) is -4.70. The van der Waals surface area contributed by atoms with E-state index in [1.807, 2.05) is 30.3 Å². The Hall–Kier alpha value is -4.10. The Bertz CT molecular complexity index is 2180. The van der Waals surface area contributed by atoms with E-state index in [2.05, 4.69) is 5.32 Å². The van der Waals surface area contributed by atoms with Crippen LogP contribution < -0.4 is 15.1 Å². The molecule has 3 heterocycles. The zero-order chi connectivity index (χ0) is 33.2. The van der Waals surface area contributed by atoms with Crippen LogP contribution >= 0.6 is 46.3 Å². The zero-order valence-corrected chi connectivity index (χ0v) is 26.9. The van der Waals surface area contributed by atoms with Gasteiger partial charge in [-0.25, -0.2) is 4.90 Å². The van der Waals surface area contributed by atoms with Crippen molar-refractivity contribution in [3.8, 4) is 0 Å². The standard InChI is InChI=1S/C33H20Cl2F3N3O4S2/c34-22-10-4-9-21(26(22)35)24-25-27(30(44)41(29(25)43)20-8-3-7-18(14-20)33(36,37)38)46-31-28(24)47-32(45)40(31)15-23(42)39-19-12-11-16-5-1-2-6-17(16)13-19/h1-14,24-25,27H,15H2,(H,39,42)/t24-,25-,27+/m0/s1. The summed E-state index contributed by atoms with van der Waals surface area (Å²) in [5.41, 5.74) is -0.346. The molecule has 7 nitrogen and oxygen atoms in total. The number of thiazole rings is 1. The minimum atomic E-state index is -4.70. The molecule has 1 aromatic heterocycles. The minimum Gasteiger partial charge on any atom is -0.325 e. The van der Waals surface area contributed by atoms with Gasteiger partial charge >= 0.3 is 11.0 Å². The molecule has 0 bridgehead atoms. The fourth-order valence-corrected chi connectivity index (χ4v) is 9.23. The summed E-state index contributed by atoms with van der Waals surface area (Å²) in [6, 6.07) is 21.8. The van der Waals surface area contributed by atoms with Crippen LogP contribution in [0.4, 0.5) is 24.5 Å². The van der Waals surface area contributed by atoms with Crippen LogP contribution in [-0.2, 0) is 27.1 Å². The van der Waals surface area contributed by atoms with Gasteiger partial charge in [-0.05, 0) is 52.7 Å². The molecule has 3 amide bonds. The molecular weight excluding hydrogens is 694 g/mol. The highest BCUT2D eigenvalue weighted by Crippen LogP contribution is 2.55. The summed E-state index contributed by atoms with van der Waals surface area (Å²) in [4.78, 5) is 55.3. The summed E-state index contributed by atoms with van der Waals surface area (Å²) in [5.74, 6) is -4.05. The lowest BCUT2D eigenvalue weighted by atomic mass is 9.83. The Morgan fingerprint density at radius 2 is 1.62 bits per heavy atom. The second-order valence-electron chi connectivity index (χ2n) is 11.0. The monoisotopic (exact) mass is 713 g/mol. The number of anilines is 2. The number of thioether (sulfide) groups is 1. The molecule has 5 aromatic rings. The number of nitrogens with one attached hydrogen (secondary N) is 1. The number of fused-ring (bicyclic) bond motifs is 3. The molecule has 2 aliphatic rings. The third-order valence-corrected chi connectivity index (χ3v) is 11.6. The van der Waals surface area contributed by atoms with Gasteiger partial charge in [-0.15, -0.1) is 0 Å². The van der Waals surface area contributed by atoms with Crippen molar-refractivity contribution >= 4 is 86.2 Å². The van der Waals surface area contributed by atoms with E-state index in [9.17, 15) is 32.3 Å². The predicted octanol–water partition coefficient (Wildman–Crippen LogP) is 7.82. The van der Waals surface area contributed by atoms with E-state index in [0.717, 1.165) is 57.0 Å². The number of nitrogens with zero attached hydrogens (tertiary/aromatic N) is 2. The van der Waals surface area contributed by atoms with Crippen molar-refractivity contribution in [2.75, 3.05) is 10.2 Å². The van der Waals surface area contributed by atoms with Gasteiger partial charge in [-0.3, -0.25) is 23.7 Å². The van der Waals surface area contributed by atoms with Crippen LogP contribution in [0.3, 0.4) is 0 Å². The quantitative estimate of drug-likeness (QED) is 0.188. The van der Waals surface area contributed by atoms with E-state index in [4.69, 9.17) is 23.2 Å². The Balaban J connectivity index is 1.28. The minimum absolute atomic E-state index is 0.106. The molecule has 0 saturated carbocycles. The van der Waals surface area contributed by atoms with Crippen molar-refractivity contribution in [3.05, 3.63) is 121 Å². The molecule has 7 rings (SSSR count). The number of alkyl halides is 3. The van der Waals surface area contributed by atoms with Gasteiger partial charge in [0, 0.05) is 16.5 Å². The number of hydrogen-bond donors (Lipinski definition) is 1. The van der Waals surface area contributed by atoms with Crippen LogP contribution in [0.2, 0.25) is 10.0 Å². The Kier molecular flexibility index (Phi) is 7.94. The Morgan fingerprint density at radius 1 is 0.872 bits per heavy atom. The fourth-order valence-electron chi connectivity index (χ4n) is 6.04. The summed E-state index contributed by atoms with van der Waals surface area (Å²) in [6.45, 7) is -0.392. The molecule has 0 aliphatic carbocycles.